The summed E-state index contributed by atoms with van der Waals surface area (Å²) in [6.07, 6.45) is 0.366. The van der Waals surface area contributed by atoms with Crippen molar-refractivity contribution in [1.82, 2.24) is 0 Å². The van der Waals surface area contributed by atoms with Crippen molar-refractivity contribution in [3.8, 4) is 5.75 Å². The monoisotopic (exact) mass is 197 g/mol. The van der Waals surface area contributed by atoms with Crippen LogP contribution in [0.3, 0.4) is 0 Å². The van der Waals surface area contributed by atoms with Crippen LogP contribution in [0.15, 0.2) is 18.2 Å². The number of fused-ring (bicyclic) bond motifs is 1. The predicted octanol–water partition coefficient (Wildman–Crippen LogP) is 2.06. The molecule has 0 saturated heterocycles. The zero-order chi connectivity index (χ0) is 9.26. The van der Waals surface area contributed by atoms with Gasteiger partial charge in [-0.2, -0.15) is 0 Å². The lowest BCUT2D eigenvalue weighted by Gasteiger charge is -2.07. The summed E-state index contributed by atoms with van der Waals surface area (Å²) in [5.74, 6) is 0.281. The number of ether oxygens (including phenoxy) is 1. The lowest BCUT2D eigenvalue weighted by molar-refractivity contribution is -0.133. The van der Waals surface area contributed by atoms with Gasteiger partial charge in [0.15, 0.2) is 5.75 Å². The molecular formula is C9H8ClNO2. The number of anilines is 1. The van der Waals surface area contributed by atoms with Gasteiger partial charge in [-0.1, -0.05) is 17.7 Å². The molecule has 1 aromatic rings. The number of carbonyl (C=O) groups is 1. The molecule has 4 heteroatoms. The third-order valence-corrected chi connectivity index (χ3v) is 2.15. The summed E-state index contributed by atoms with van der Waals surface area (Å²) >= 11 is 5.91. The van der Waals surface area contributed by atoms with Crippen molar-refractivity contribution in [1.29, 1.82) is 0 Å². The number of carbonyl (C=O) groups excluding carboxylic acids is 1. The third-order valence-electron chi connectivity index (χ3n) is 1.83. The number of esters is 1. The first-order valence-corrected chi connectivity index (χ1v) is 4.38. The van der Waals surface area contributed by atoms with Crippen molar-refractivity contribution in [2.75, 3.05) is 11.9 Å². The van der Waals surface area contributed by atoms with E-state index in [4.69, 9.17) is 16.3 Å². The fraction of sp³-hybridized carbons (Fsp3) is 0.222. The summed E-state index contributed by atoms with van der Waals surface area (Å²) in [4.78, 5) is 11.1. The Labute approximate surface area is 80.6 Å². The van der Waals surface area contributed by atoms with Crippen LogP contribution in [-0.4, -0.2) is 12.5 Å². The van der Waals surface area contributed by atoms with Gasteiger partial charge < -0.3 is 10.1 Å². The summed E-state index contributed by atoms with van der Waals surface area (Å²) in [5.41, 5.74) is 0.704. The Morgan fingerprint density at radius 1 is 1.46 bits per heavy atom. The molecule has 1 heterocycles. The number of para-hydroxylation sites is 1. The number of nitrogens with one attached hydrogen (secondary N) is 1. The van der Waals surface area contributed by atoms with Crippen LogP contribution >= 0.6 is 11.6 Å². The highest BCUT2D eigenvalue weighted by Crippen LogP contribution is 2.33. The normalized spacial score (nSPS) is 15.3. The Morgan fingerprint density at radius 3 is 3.15 bits per heavy atom. The lowest BCUT2D eigenvalue weighted by Crippen LogP contribution is -2.08. The summed E-state index contributed by atoms with van der Waals surface area (Å²) < 4.78 is 5.05. The van der Waals surface area contributed by atoms with Crippen molar-refractivity contribution in [3.05, 3.63) is 23.2 Å². The molecule has 0 unspecified atom stereocenters. The quantitative estimate of drug-likeness (QED) is 0.511. The van der Waals surface area contributed by atoms with E-state index in [1.165, 1.54) is 0 Å². The average Bonchev–Trinajstić information content (AvgIpc) is 2.27. The minimum absolute atomic E-state index is 0.228. The maximum Gasteiger partial charge on any atom is 0.313 e. The van der Waals surface area contributed by atoms with Gasteiger partial charge in [0.05, 0.1) is 17.1 Å². The molecule has 1 aliphatic rings. The van der Waals surface area contributed by atoms with E-state index >= 15 is 0 Å². The Balaban J connectivity index is 2.45. The molecule has 2 rings (SSSR count). The first-order valence-electron chi connectivity index (χ1n) is 4.00. The van der Waals surface area contributed by atoms with Crippen LogP contribution in [0.1, 0.15) is 6.42 Å². The second-order valence-electron chi connectivity index (χ2n) is 2.76. The van der Waals surface area contributed by atoms with Crippen LogP contribution in [0.4, 0.5) is 5.69 Å². The van der Waals surface area contributed by atoms with Gasteiger partial charge in [-0.25, -0.2) is 0 Å². The van der Waals surface area contributed by atoms with Crippen molar-refractivity contribution < 1.29 is 9.53 Å². The number of halogens is 1. The van der Waals surface area contributed by atoms with Crippen LogP contribution < -0.4 is 10.1 Å². The van der Waals surface area contributed by atoms with Gasteiger partial charge >= 0.3 is 5.97 Å². The van der Waals surface area contributed by atoms with Gasteiger partial charge in [-0.05, 0) is 12.1 Å². The van der Waals surface area contributed by atoms with E-state index in [1.807, 2.05) is 0 Å². The van der Waals surface area contributed by atoms with E-state index in [0.29, 0.717) is 29.4 Å². The van der Waals surface area contributed by atoms with Gasteiger partial charge in [-0.3, -0.25) is 4.79 Å². The van der Waals surface area contributed by atoms with Crippen LogP contribution in [0.2, 0.25) is 5.02 Å². The first kappa shape index (κ1) is 8.38. The third kappa shape index (κ3) is 1.60. The van der Waals surface area contributed by atoms with Crippen LogP contribution in [0.5, 0.6) is 5.75 Å². The minimum atomic E-state index is -0.228. The Kier molecular flexibility index (Phi) is 2.10. The van der Waals surface area contributed by atoms with Crippen molar-refractivity contribution in [3.63, 3.8) is 0 Å². The van der Waals surface area contributed by atoms with Crippen LogP contribution in [0, 0.1) is 0 Å². The maximum absolute atomic E-state index is 11.1. The molecular weight excluding hydrogens is 190 g/mol. The molecule has 0 atom stereocenters. The highest BCUT2D eigenvalue weighted by Gasteiger charge is 2.15. The zero-order valence-corrected chi connectivity index (χ0v) is 7.60. The van der Waals surface area contributed by atoms with Crippen LogP contribution in [-0.2, 0) is 4.79 Å². The van der Waals surface area contributed by atoms with E-state index in [-0.39, 0.29) is 5.97 Å². The van der Waals surface area contributed by atoms with Crippen molar-refractivity contribution in [2.45, 2.75) is 6.42 Å². The van der Waals surface area contributed by atoms with Gasteiger partial charge in [0.2, 0.25) is 0 Å². The molecule has 0 aliphatic carbocycles. The molecule has 0 bridgehead atoms. The Bertz CT molecular complexity index is 351. The first-order chi connectivity index (χ1) is 6.27. The molecule has 13 heavy (non-hydrogen) atoms. The summed E-state index contributed by atoms with van der Waals surface area (Å²) in [7, 11) is 0. The molecule has 3 nitrogen and oxygen atoms in total. The SMILES string of the molecule is O=C1CCNc2c(Cl)cccc2O1. The number of hydrogen-bond donors (Lipinski definition) is 1. The van der Waals surface area contributed by atoms with E-state index in [9.17, 15) is 4.79 Å². The lowest BCUT2D eigenvalue weighted by atomic mass is 10.3. The van der Waals surface area contributed by atoms with Crippen molar-refractivity contribution >= 4 is 23.3 Å². The zero-order valence-electron chi connectivity index (χ0n) is 6.84. The smallest absolute Gasteiger partial charge is 0.313 e. The van der Waals surface area contributed by atoms with Crippen molar-refractivity contribution in [2.24, 2.45) is 0 Å². The second kappa shape index (κ2) is 3.26. The largest absolute Gasteiger partial charge is 0.424 e. The summed E-state index contributed by atoms with van der Waals surface area (Å²) in [6.45, 7) is 0.565. The van der Waals surface area contributed by atoms with Gasteiger partial charge in [0.25, 0.3) is 0 Å². The minimum Gasteiger partial charge on any atom is -0.424 e. The molecule has 1 aliphatic heterocycles. The van der Waals surface area contributed by atoms with Gasteiger partial charge in [0.1, 0.15) is 0 Å². The number of rotatable bonds is 0. The number of hydrogen-bond acceptors (Lipinski definition) is 3. The second-order valence-corrected chi connectivity index (χ2v) is 3.17. The Morgan fingerprint density at radius 2 is 2.31 bits per heavy atom. The molecule has 0 radical (unpaired) electrons. The molecule has 0 amide bonds. The summed E-state index contributed by atoms with van der Waals surface area (Å²) in [6, 6.07) is 5.23. The molecule has 1 aromatic carbocycles. The van der Waals surface area contributed by atoms with Gasteiger partial charge in [0, 0.05) is 6.54 Å². The highest BCUT2D eigenvalue weighted by molar-refractivity contribution is 6.33. The molecule has 0 saturated carbocycles. The standard InChI is InChI=1S/C9H8ClNO2/c10-6-2-1-3-7-9(6)11-5-4-8(12)13-7/h1-3,11H,4-5H2. The van der Waals surface area contributed by atoms with E-state index in [1.54, 1.807) is 18.2 Å². The average molecular weight is 198 g/mol. The van der Waals surface area contributed by atoms with E-state index < -0.39 is 0 Å². The molecule has 0 aromatic heterocycles. The number of benzene rings is 1. The van der Waals surface area contributed by atoms with Gasteiger partial charge in [-0.15, -0.1) is 0 Å². The Hall–Kier alpha value is -1.22. The predicted molar refractivity (Wildman–Crippen MR) is 50.2 cm³/mol. The van der Waals surface area contributed by atoms with E-state index in [0.717, 1.165) is 0 Å². The summed E-state index contributed by atoms with van der Waals surface area (Å²) in [5, 5.41) is 3.62. The van der Waals surface area contributed by atoms with E-state index in [2.05, 4.69) is 5.32 Å². The fourth-order valence-electron chi connectivity index (χ4n) is 1.22. The molecule has 68 valence electrons. The molecule has 0 spiro atoms. The molecule has 1 N–H and O–H groups in total. The highest BCUT2D eigenvalue weighted by atomic mass is 35.5. The molecule has 0 fully saturated rings. The topological polar surface area (TPSA) is 38.3 Å². The maximum atomic E-state index is 11.1. The fourth-order valence-corrected chi connectivity index (χ4v) is 1.46. The van der Waals surface area contributed by atoms with Crippen LogP contribution in [0.25, 0.3) is 0 Å².